The van der Waals surface area contributed by atoms with Gasteiger partial charge in [0.25, 0.3) is 0 Å². The Morgan fingerprint density at radius 2 is 1.76 bits per heavy atom. The summed E-state index contributed by atoms with van der Waals surface area (Å²) in [6.45, 7) is 7.10. The fourth-order valence-electron chi connectivity index (χ4n) is 2.98. The van der Waals surface area contributed by atoms with Gasteiger partial charge in [-0.3, -0.25) is 4.79 Å². The summed E-state index contributed by atoms with van der Waals surface area (Å²) in [5, 5.41) is 0. The number of amides is 1. The predicted octanol–water partition coefficient (Wildman–Crippen LogP) is 0.666. The van der Waals surface area contributed by atoms with E-state index in [0.717, 1.165) is 38.9 Å². The molecule has 2 aliphatic heterocycles. The Morgan fingerprint density at radius 3 is 2.24 bits per heavy atom. The van der Waals surface area contributed by atoms with Gasteiger partial charge in [-0.15, -0.1) is 0 Å². The zero-order valence-electron chi connectivity index (χ0n) is 11.3. The molecule has 1 amide bonds. The van der Waals surface area contributed by atoms with E-state index in [1.54, 1.807) is 0 Å². The molecule has 0 bridgehead atoms. The maximum atomic E-state index is 12.5. The van der Waals surface area contributed by atoms with Gasteiger partial charge in [0.2, 0.25) is 5.91 Å². The van der Waals surface area contributed by atoms with E-state index in [0.29, 0.717) is 5.91 Å². The third-order valence-corrected chi connectivity index (χ3v) is 4.60. The molecular weight excluding hydrogens is 214 g/mol. The van der Waals surface area contributed by atoms with Crippen LogP contribution in [0.4, 0.5) is 0 Å². The van der Waals surface area contributed by atoms with Crippen LogP contribution >= 0.6 is 0 Å². The monoisotopic (exact) mass is 239 g/mol. The second kappa shape index (κ2) is 4.58. The molecular formula is C13H25N3O. The summed E-state index contributed by atoms with van der Waals surface area (Å²) >= 11 is 0. The van der Waals surface area contributed by atoms with Crippen molar-refractivity contribution in [3.05, 3.63) is 0 Å². The van der Waals surface area contributed by atoms with E-state index in [9.17, 15) is 4.79 Å². The number of piperidine rings is 1. The Hall–Kier alpha value is -0.610. The fraction of sp³-hybridized carbons (Fsp3) is 0.923. The highest BCUT2D eigenvalue weighted by molar-refractivity contribution is 5.80. The topological polar surface area (TPSA) is 49.6 Å². The fourth-order valence-corrected chi connectivity index (χ4v) is 2.98. The van der Waals surface area contributed by atoms with Gasteiger partial charge in [-0.1, -0.05) is 0 Å². The summed E-state index contributed by atoms with van der Waals surface area (Å²) in [7, 11) is 2.12. The van der Waals surface area contributed by atoms with Crippen LogP contribution < -0.4 is 5.73 Å². The van der Waals surface area contributed by atoms with Crippen molar-refractivity contribution in [3.63, 3.8) is 0 Å². The van der Waals surface area contributed by atoms with Crippen molar-refractivity contribution < 1.29 is 4.79 Å². The minimum atomic E-state index is -0.166. The van der Waals surface area contributed by atoms with Crippen molar-refractivity contribution in [3.8, 4) is 0 Å². The molecule has 1 unspecified atom stereocenters. The standard InChI is InChI=1S/C13H25N3O/c1-13(2)11(14)6-9-16(13)12(17)10-4-7-15(3)8-5-10/h10-11H,4-9,14H2,1-3H3. The number of hydrogen-bond acceptors (Lipinski definition) is 3. The second-order valence-electron chi connectivity index (χ2n) is 6.12. The number of hydrogen-bond donors (Lipinski definition) is 1. The van der Waals surface area contributed by atoms with Gasteiger partial charge in [0.05, 0.1) is 5.54 Å². The smallest absolute Gasteiger partial charge is 0.226 e. The summed E-state index contributed by atoms with van der Waals surface area (Å²) in [6, 6.07) is 0.123. The zero-order valence-corrected chi connectivity index (χ0v) is 11.3. The van der Waals surface area contributed by atoms with E-state index < -0.39 is 0 Å². The molecule has 0 aliphatic carbocycles. The van der Waals surface area contributed by atoms with Crippen LogP contribution in [0.2, 0.25) is 0 Å². The maximum Gasteiger partial charge on any atom is 0.226 e. The van der Waals surface area contributed by atoms with Crippen LogP contribution in [0.25, 0.3) is 0 Å². The first-order valence-corrected chi connectivity index (χ1v) is 6.68. The highest BCUT2D eigenvalue weighted by atomic mass is 16.2. The summed E-state index contributed by atoms with van der Waals surface area (Å²) in [6.07, 6.45) is 2.93. The van der Waals surface area contributed by atoms with Crippen LogP contribution in [0.1, 0.15) is 33.1 Å². The van der Waals surface area contributed by atoms with Gasteiger partial charge in [0, 0.05) is 18.5 Å². The van der Waals surface area contributed by atoms with Gasteiger partial charge in [0.1, 0.15) is 0 Å². The molecule has 0 spiro atoms. The van der Waals surface area contributed by atoms with Crippen LogP contribution in [-0.4, -0.2) is 54.0 Å². The van der Waals surface area contributed by atoms with Gasteiger partial charge in [-0.25, -0.2) is 0 Å². The van der Waals surface area contributed by atoms with Crippen LogP contribution in [0.3, 0.4) is 0 Å². The molecule has 1 atom stereocenters. The van der Waals surface area contributed by atoms with Crippen molar-refractivity contribution in [2.24, 2.45) is 11.7 Å². The normalized spacial score (nSPS) is 30.8. The molecule has 4 nitrogen and oxygen atoms in total. The molecule has 2 saturated heterocycles. The van der Waals surface area contributed by atoms with Gasteiger partial charge in [-0.05, 0) is 53.2 Å². The number of likely N-dealkylation sites (tertiary alicyclic amines) is 2. The first kappa shape index (κ1) is 12.8. The van der Waals surface area contributed by atoms with Crippen LogP contribution in [0.15, 0.2) is 0 Å². The lowest BCUT2D eigenvalue weighted by Crippen LogP contribution is -2.53. The lowest BCUT2D eigenvalue weighted by molar-refractivity contribution is -0.140. The van der Waals surface area contributed by atoms with E-state index in [1.807, 2.05) is 4.90 Å². The molecule has 0 aromatic heterocycles. The third-order valence-electron chi connectivity index (χ3n) is 4.60. The van der Waals surface area contributed by atoms with E-state index in [-0.39, 0.29) is 17.5 Å². The lowest BCUT2D eigenvalue weighted by Gasteiger charge is -2.38. The lowest BCUT2D eigenvalue weighted by atomic mass is 9.92. The van der Waals surface area contributed by atoms with Gasteiger partial charge < -0.3 is 15.5 Å². The summed E-state index contributed by atoms with van der Waals surface area (Å²) in [5.41, 5.74) is 5.92. The molecule has 2 fully saturated rings. The molecule has 2 rings (SSSR count). The van der Waals surface area contributed by atoms with E-state index in [1.165, 1.54) is 0 Å². The van der Waals surface area contributed by atoms with Crippen molar-refractivity contribution in [1.82, 2.24) is 9.80 Å². The summed E-state index contributed by atoms with van der Waals surface area (Å²) in [4.78, 5) is 16.8. The average Bonchev–Trinajstić information content (AvgIpc) is 2.54. The first-order chi connectivity index (χ1) is 7.93. The quantitative estimate of drug-likeness (QED) is 0.731. The van der Waals surface area contributed by atoms with E-state index >= 15 is 0 Å². The van der Waals surface area contributed by atoms with Gasteiger partial charge in [0.15, 0.2) is 0 Å². The Bertz CT molecular complexity index is 295. The summed E-state index contributed by atoms with van der Waals surface area (Å²) in [5.74, 6) is 0.548. The maximum absolute atomic E-state index is 12.5. The Morgan fingerprint density at radius 1 is 1.18 bits per heavy atom. The number of carbonyl (C=O) groups is 1. The number of rotatable bonds is 1. The first-order valence-electron chi connectivity index (χ1n) is 6.68. The minimum absolute atomic E-state index is 0.123. The van der Waals surface area contributed by atoms with Crippen LogP contribution in [0, 0.1) is 5.92 Å². The number of nitrogens with two attached hydrogens (primary N) is 1. The predicted molar refractivity (Wildman–Crippen MR) is 68.6 cm³/mol. The molecule has 2 heterocycles. The highest BCUT2D eigenvalue weighted by Crippen LogP contribution is 2.31. The van der Waals surface area contributed by atoms with Crippen molar-refractivity contribution in [1.29, 1.82) is 0 Å². The number of nitrogens with zero attached hydrogens (tertiary/aromatic N) is 2. The van der Waals surface area contributed by atoms with Crippen LogP contribution in [-0.2, 0) is 4.79 Å². The SMILES string of the molecule is CN1CCC(C(=O)N2CCC(N)C2(C)C)CC1. The second-order valence-corrected chi connectivity index (χ2v) is 6.12. The molecule has 0 aromatic carbocycles. The molecule has 0 radical (unpaired) electrons. The zero-order chi connectivity index (χ0) is 12.6. The summed E-state index contributed by atoms with van der Waals surface area (Å²) < 4.78 is 0. The molecule has 0 saturated carbocycles. The van der Waals surface area contributed by atoms with Crippen LogP contribution in [0.5, 0.6) is 0 Å². The molecule has 2 aliphatic rings. The molecule has 17 heavy (non-hydrogen) atoms. The molecule has 2 N–H and O–H groups in total. The molecule has 0 aromatic rings. The minimum Gasteiger partial charge on any atom is -0.336 e. The van der Waals surface area contributed by atoms with Gasteiger partial charge >= 0.3 is 0 Å². The van der Waals surface area contributed by atoms with Crippen molar-refractivity contribution in [2.45, 2.75) is 44.7 Å². The van der Waals surface area contributed by atoms with Crippen molar-refractivity contribution >= 4 is 5.91 Å². The van der Waals surface area contributed by atoms with E-state index in [2.05, 4.69) is 25.8 Å². The highest BCUT2D eigenvalue weighted by Gasteiger charge is 2.43. The Kier molecular flexibility index (Phi) is 3.46. The van der Waals surface area contributed by atoms with Gasteiger partial charge in [-0.2, -0.15) is 0 Å². The Balaban J connectivity index is 2.01. The van der Waals surface area contributed by atoms with E-state index in [4.69, 9.17) is 5.73 Å². The Labute approximate surface area is 104 Å². The van der Waals surface area contributed by atoms with Crippen molar-refractivity contribution in [2.75, 3.05) is 26.7 Å². The molecule has 4 heteroatoms. The third kappa shape index (κ3) is 2.33. The average molecular weight is 239 g/mol. The molecule has 98 valence electrons. The number of carbonyl (C=O) groups excluding carboxylic acids is 1. The largest absolute Gasteiger partial charge is 0.336 e.